The number of methoxy groups -OCH3 is 1. The zero-order chi connectivity index (χ0) is 21.2. The van der Waals surface area contributed by atoms with Gasteiger partial charge in [0.25, 0.3) is 5.91 Å². The maximum atomic E-state index is 13.7. The van der Waals surface area contributed by atoms with E-state index in [2.05, 4.69) is 20.6 Å². The van der Waals surface area contributed by atoms with E-state index in [1.165, 1.54) is 19.2 Å². The minimum atomic E-state index is -4.86. The van der Waals surface area contributed by atoms with E-state index in [0.717, 1.165) is 6.20 Å². The van der Waals surface area contributed by atoms with E-state index in [0.29, 0.717) is 15.3 Å². The van der Waals surface area contributed by atoms with E-state index in [9.17, 15) is 18.0 Å². The fourth-order valence-corrected chi connectivity index (χ4v) is 2.83. The first kappa shape index (κ1) is 20.6. The highest BCUT2D eigenvalue weighted by Crippen LogP contribution is 2.33. The Morgan fingerprint density at radius 2 is 2.00 bits per heavy atom. The van der Waals surface area contributed by atoms with Crippen LogP contribution in [-0.4, -0.2) is 33.0 Å². The van der Waals surface area contributed by atoms with Crippen LogP contribution in [0.5, 0.6) is 5.88 Å². The largest absolute Gasteiger partial charge is 0.480 e. The lowest BCUT2D eigenvalue weighted by Gasteiger charge is -2.16. The Bertz CT molecular complexity index is 1020. The molecule has 0 aliphatic carbocycles. The second-order valence-corrected chi connectivity index (χ2v) is 6.44. The molecule has 7 nitrogen and oxygen atoms in total. The molecule has 0 fully saturated rings. The molecule has 0 aliphatic rings. The summed E-state index contributed by atoms with van der Waals surface area (Å²) in [5.74, 6) is -1.01. The van der Waals surface area contributed by atoms with Crippen molar-refractivity contribution < 1.29 is 22.7 Å². The van der Waals surface area contributed by atoms with Gasteiger partial charge in [0.2, 0.25) is 5.88 Å². The molecule has 1 unspecified atom stereocenters. The quantitative estimate of drug-likeness (QED) is 0.671. The average Bonchev–Trinajstić information content (AvgIpc) is 3.14. The summed E-state index contributed by atoms with van der Waals surface area (Å²) in [6.45, 7) is 1.64. The maximum absolute atomic E-state index is 13.7. The second kappa shape index (κ2) is 8.08. The standard InChI is InChI=1S/C18H15ClF3N5O2/c1-10(11-4-3-5-12(19)8-11)24-17(28)13-9-23-27(16(13)18(20,21)22)14-6-7-15(29-2)26-25-14/h3-10H,1-2H3,(H,24,28). The Hall–Kier alpha value is -3.14. The molecule has 2 aromatic heterocycles. The number of carbonyl (C=O) groups is 1. The lowest BCUT2D eigenvalue weighted by molar-refractivity contribution is -0.143. The summed E-state index contributed by atoms with van der Waals surface area (Å²) in [7, 11) is 1.35. The molecular weight excluding hydrogens is 411 g/mol. The van der Waals surface area contributed by atoms with Crippen molar-refractivity contribution in [2.45, 2.75) is 19.1 Å². The van der Waals surface area contributed by atoms with Gasteiger partial charge < -0.3 is 10.1 Å². The highest BCUT2D eigenvalue weighted by molar-refractivity contribution is 6.30. The van der Waals surface area contributed by atoms with Crippen LogP contribution in [-0.2, 0) is 6.18 Å². The monoisotopic (exact) mass is 425 g/mol. The summed E-state index contributed by atoms with van der Waals surface area (Å²) in [5, 5.41) is 14.0. The number of nitrogens with zero attached hydrogens (tertiary/aromatic N) is 4. The molecule has 1 atom stereocenters. The molecule has 2 heterocycles. The number of hydrogen-bond acceptors (Lipinski definition) is 5. The molecule has 11 heteroatoms. The van der Waals surface area contributed by atoms with Gasteiger partial charge in [-0.1, -0.05) is 23.7 Å². The molecule has 0 radical (unpaired) electrons. The van der Waals surface area contributed by atoms with Gasteiger partial charge in [0.05, 0.1) is 24.9 Å². The third kappa shape index (κ3) is 4.48. The van der Waals surface area contributed by atoms with Crippen LogP contribution < -0.4 is 10.1 Å². The minimum absolute atomic E-state index is 0.128. The molecule has 1 aromatic carbocycles. The van der Waals surface area contributed by atoms with Crippen molar-refractivity contribution >= 4 is 17.5 Å². The Labute approximate surface area is 168 Å². The molecule has 3 aromatic rings. The number of hydrogen-bond donors (Lipinski definition) is 1. The zero-order valence-electron chi connectivity index (χ0n) is 15.2. The molecular formula is C18H15ClF3N5O2. The van der Waals surface area contributed by atoms with Crippen LogP contribution in [0.2, 0.25) is 5.02 Å². The first-order chi connectivity index (χ1) is 13.7. The fourth-order valence-electron chi connectivity index (χ4n) is 2.63. The molecule has 0 bridgehead atoms. The molecule has 1 N–H and O–H groups in total. The van der Waals surface area contributed by atoms with Gasteiger partial charge in [0.1, 0.15) is 0 Å². The van der Waals surface area contributed by atoms with Gasteiger partial charge >= 0.3 is 6.18 Å². The van der Waals surface area contributed by atoms with Crippen molar-refractivity contribution in [3.63, 3.8) is 0 Å². The number of nitrogens with one attached hydrogen (secondary N) is 1. The van der Waals surface area contributed by atoms with E-state index in [1.54, 1.807) is 31.2 Å². The number of rotatable bonds is 5. The van der Waals surface area contributed by atoms with Crippen LogP contribution >= 0.6 is 11.6 Å². The number of carbonyl (C=O) groups excluding carboxylic acids is 1. The molecule has 29 heavy (non-hydrogen) atoms. The van der Waals surface area contributed by atoms with Crippen LogP contribution in [0, 0.1) is 0 Å². The highest BCUT2D eigenvalue weighted by Gasteiger charge is 2.41. The zero-order valence-corrected chi connectivity index (χ0v) is 16.0. The smallest absolute Gasteiger partial charge is 0.434 e. The Kier molecular flexibility index (Phi) is 5.73. The highest BCUT2D eigenvalue weighted by atomic mass is 35.5. The van der Waals surface area contributed by atoms with E-state index in [4.69, 9.17) is 16.3 Å². The fraction of sp³-hybridized carbons (Fsp3) is 0.222. The minimum Gasteiger partial charge on any atom is -0.480 e. The first-order valence-electron chi connectivity index (χ1n) is 8.30. The van der Waals surface area contributed by atoms with Crippen molar-refractivity contribution in [1.82, 2.24) is 25.3 Å². The van der Waals surface area contributed by atoms with Crippen molar-refractivity contribution in [2.75, 3.05) is 7.11 Å². The summed E-state index contributed by atoms with van der Waals surface area (Å²) in [5.41, 5.74) is -1.25. The van der Waals surface area contributed by atoms with Crippen LogP contribution in [0.15, 0.2) is 42.6 Å². The number of aromatic nitrogens is 4. The van der Waals surface area contributed by atoms with Crippen molar-refractivity contribution in [2.24, 2.45) is 0 Å². The van der Waals surface area contributed by atoms with E-state index in [-0.39, 0.29) is 11.7 Å². The molecule has 1 amide bonds. The van der Waals surface area contributed by atoms with Crippen LogP contribution in [0.4, 0.5) is 13.2 Å². The number of halogens is 4. The summed E-state index contributed by atoms with van der Waals surface area (Å²) in [6.07, 6.45) is -4.02. The molecule has 0 spiro atoms. The predicted octanol–water partition coefficient (Wildman–Crippen LogP) is 3.83. The average molecular weight is 426 g/mol. The number of benzene rings is 1. The summed E-state index contributed by atoms with van der Waals surface area (Å²) < 4.78 is 46.5. The first-order valence-corrected chi connectivity index (χ1v) is 8.68. The Balaban J connectivity index is 1.94. The van der Waals surface area contributed by atoms with Crippen LogP contribution in [0.3, 0.4) is 0 Å². The summed E-state index contributed by atoms with van der Waals surface area (Å²) in [6, 6.07) is 8.68. The number of alkyl halides is 3. The summed E-state index contributed by atoms with van der Waals surface area (Å²) in [4.78, 5) is 12.6. The normalized spacial score (nSPS) is 12.5. The Morgan fingerprint density at radius 1 is 1.24 bits per heavy atom. The van der Waals surface area contributed by atoms with Gasteiger partial charge in [-0.3, -0.25) is 4.79 Å². The third-order valence-electron chi connectivity index (χ3n) is 4.03. The van der Waals surface area contributed by atoms with Crippen LogP contribution in [0.25, 0.3) is 5.82 Å². The topological polar surface area (TPSA) is 81.9 Å². The molecule has 0 saturated heterocycles. The van der Waals surface area contributed by atoms with Gasteiger partial charge in [0, 0.05) is 11.1 Å². The van der Waals surface area contributed by atoms with Gasteiger partial charge in [-0.25, -0.2) is 4.68 Å². The number of ether oxygens (including phenoxy) is 1. The van der Waals surface area contributed by atoms with Crippen LogP contribution in [0.1, 0.15) is 34.6 Å². The lowest BCUT2D eigenvalue weighted by atomic mass is 10.1. The molecule has 0 saturated carbocycles. The summed E-state index contributed by atoms with van der Waals surface area (Å²) >= 11 is 5.92. The van der Waals surface area contributed by atoms with Gasteiger partial charge in [0.15, 0.2) is 11.5 Å². The maximum Gasteiger partial charge on any atom is 0.434 e. The van der Waals surface area contributed by atoms with Gasteiger partial charge in [-0.15, -0.1) is 10.2 Å². The second-order valence-electron chi connectivity index (χ2n) is 6.00. The SMILES string of the molecule is COc1ccc(-n2ncc(C(=O)NC(C)c3cccc(Cl)c3)c2C(F)(F)F)nn1. The van der Waals surface area contributed by atoms with Crippen molar-refractivity contribution in [3.8, 4) is 11.7 Å². The van der Waals surface area contributed by atoms with Gasteiger partial charge in [-0.2, -0.15) is 18.3 Å². The molecule has 0 aliphatic heterocycles. The third-order valence-corrected chi connectivity index (χ3v) is 4.27. The Morgan fingerprint density at radius 3 is 2.59 bits per heavy atom. The van der Waals surface area contributed by atoms with E-state index >= 15 is 0 Å². The molecule has 152 valence electrons. The van der Waals surface area contributed by atoms with E-state index in [1.807, 2.05) is 0 Å². The predicted molar refractivity (Wildman–Crippen MR) is 98.0 cm³/mol. The van der Waals surface area contributed by atoms with Gasteiger partial charge in [-0.05, 0) is 30.7 Å². The van der Waals surface area contributed by atoms with Crippen molar-refractivity contribution in [3.05, 3.63) is 64.4 Å². The van der Waals surface area contributed by atoms with E-state index < -0.39 is 29.4 Å². The van der Waals surface area contributed by atoms with Crippen molar-refractivity contribution in [1.29, 1.82) is 0 Å². The lowest BCUT2D eigenvalue weighted by Crippen LogP contribution is -2.29. The molecule has 3 rings (SSSR count). The number of amides is 1.